The molecular formula is C11H14F3NO3. The highest BCUT2D eigenvalue weighted by Gasteiger charge is 2.40. The van der Waals surface area contributed by atoms with Crippen LogP contribution in [0.2, 0.25) is 0 Å². The Labute approximate surface area is 102 Å². The van der Waals surface area contributed by atoms with Gasteiger partial charge in [0.1, 0.15) is 17.2 Å². The average Bonchev–Trinajstić information content (AvgIpc) is 2.33. The number of alkyl halides is 3. The van der Waals surface area contributed by atoms with Crippen molar-refractivity contribution in [1.29, 1.82) is 0 Å². The first-order chi connectivity index (χ1) is 8.40. The Kier molecular flexibility index (Phi) is 4.66. The molecule has 0 saturated heterocycles. The Bertz CT molecular complexity index is 373. The third-order valence-corrected chi connectivity index (χ3v) is 2.18. The Morgan fingerprint density at radius 3 is 1.83 bits per heavy atom. The molecule has 1 aromatic carbocycles. The van der Waals surface area contributed by atoms with Gasteiger partial charge in [0.25, 0.3) is 0 Å². The minimum absolute atomic E-state index is 0.0148. The second-order valence-corrected chi connectivity index (χ2v) is 3.43. The molecule has 0 radical (unpaired) electrons. The molecule has 0 aromatic heterocycles. The van der Waals surface area contributed by atoms with E-state index in [0.29, 0.717) is 11.5 Å². The molecule has 0 aliphatic carbocycles. The van der Waals surface area contributed by atoms with Gasteiger partial charge in [-0.05, 0) is 0 Å². The molecule has 2 N–H and O–H groups in total. The van der Waals surface area contributed by atoms with Crippen molar-refractivity contribution in [3.8, 4) is 17.2 Å². The molecule has 1 aromatic rings. The van der Waals surface area contributed by atoms with Crippen LogP contribution in [-0.2, 0) is 0 Å². The second kappa shape index (κ2) is 5.81. The van der Waals surface area contributed by atoms with Gasteiger partial charge in [0.05, 0.1) is 14.2 Å². The van der Waals surface area contributed by atoms with E-state index in [1.807, 2.05) is 0 Å². The van der Waals surface area contributed by atoms with Crippen LogP contribution < -0.4 is 19.9 Å². The molecule has 0 heterocycles. The van der Waals surface area contributed by atoms with Gasteiger partial charge >= 0.3 is 6.18 Å². The molecule has 0 fully saturated rings. The number of hydrogen-bond donors (Lipinski definition) is 1. The van der Waals surface area contributed by atoms with Crippen LogP contribution in [0.4, 0.5) is 13.2 Å². The largest absolute Gasteiger partial charge is 0.496 e. The van der Waals surface area contributed by atoms with E-state index in [4.69, 9.17) is 19.9 Å². The van der Waals surface area contributed by atoms with Crippen LogP contribution in [0.5, 0.6) is 17.2 Å². The summed E-state index contributed by atoms with van der Waals surface area (Å²) in [5.41, 5.74) is 5.04. The molecule has 18 heavy (non-hydrogen) atoms. The summed E-state index contributed by atoms with van der Waals surface area (Å²) in [6, 6.07) is 4.19. The summed E-state index contributed by atoms with van der Waals surface area (Å²) in [6.07, 6.45) is -6.58. The Balaban J connectivity index is 2.95. The van der Waals surface area contributed by atoms with Crippen molar-refractivity contribution in [2.75, 3.05) is 20.8 Å². The molecule has 0 bridgehead atoms. The molecule has 1 unspecified atom stereocenters. The molecule has 4 nitrogen and oxygen atoms in total. The summed E-state index contributed by atoms with van der Waals surface area (Å²) in [7, 11) is 2.78. The van der Waals surface area contributed by atoms with Gasteiger partial charge in [-0.25, -0.2) is 0 Å². The number of halogens is 3. The summed E-state index contributed by atoms with van der Waals surface area (Å²) in [5.74, 6) is 0.656. The van der Waals surface area contributed by atoms with Gasteiger partial charge in [-0.3, -0.25) is 0 Å². The second-order valence-electron chi connectivity index (χ2n) is 3.43. The van der Waals surface area contributed by atoms with Gasteiger partial charge in [-0.15, -0.1) is 0 Å². The fraction of sp³-hybridized carbons (Fsp3) is 0.455. The van der Waals surface area contributed by atoms with Crippen LogP contribution in [0, 0.1) is 0 Å². The number of benzene rings is 1. The predicted octanol–water partition coefficient (Wildman–Crippen LogP) is 1.97. The van der Waals surface area contributed by atoms with E-state index in [1.54, 1.807) is 0 Å². The first kappa shape index (κ1) is 14.4. The van der Waals surface area contributed by atoms with Crippen molar-refractivity contribution in [2.24, 2.45) is 5.73 Å². The van der Waals surface area contributed by atoms with Gasteiger partial charge in [-0.2, -0.15) is 13.2 Å². The van der Waals surface area contributed by atoms with E-state index < -0.39 is 18.8 Å². The molecule has 0 saturated carbocycles. The summed E-state index contributed by atoms with van der Waals surface area (Å²) < 4.78 is 52.2. The van der Waals surface area contributed by atoms with Gasteiger partial charge in [-0.1, -0.05) is 0 Å². The number of nitrogens with two attached hydrogens (primary N) is 1. The first-order valence-corrected chi connectivity index (χ1v) is 5.07. The lowest BCUT2D eigenvalue weighted by Crippen LogP contribution is -2.40. The van der Waals surface area contributed by atoms with Gasteiger partial charge in [0.15, 0.2) is 0 Å². The summed E-state index contributed by atoms with van der Waals surface area (Å²) in [6.45, 7) is -0.664. The van der Waals surface area contributed by atoms with E-state index in [-0.39, 0.29) is 5.75 Å². The topological polar surface area (TPSA) is 53.7 Å². The lowest BCUT2D eigenvalue weighted by molar-refractivity contribution is -0.191. The summed E-state index contributed by atoms with van der Waals surface area (Å²) in [5, 5.41) is 0. The Morgan fingerprint density at radius 1 is 1.06 bits per heavy atom. The maximum absolute atomic E-state index is 12.5. The van der Waals surface area contributed by atoms with Crippen LogP contribution in [0.3, 0.4) is 0 Å². The van der Waals surface area contributed by atoms with E-state index in [2.05, 4.69) is 0 Å². The fourth-order valence-corrected chi connectivity index (χ4v) is 1.26. The summed E-state index contributed by atoms with van der Waals surface area (Å²) in [4.78, 5) is 0. The highest BCUT2D eigenvalue weighted by atomic mass is 19.4. The third-order valence-electron chi connectivity index (χ3n) is 2.18. The van der Waals surface area contributed by atoms with Crippen molar-refractivity contribution in [3.05, 3.63) is 18.2 Å². The third kappa shape index (κ3) is 3.69. The van der Waals surface area contributed by atoms with E-state index in [0.717, 1.165) is 0 Å². The molecule has 0 spiro atoms. The standard InChI is InChI=1S/C11H14F3NO3/c1-16-7-3-8(17-2)5-9(4-7)18-10(6-15)11(12,13)14/h3-5,10H,6,15H2,1-2H3. The van der Waals surface area contributed by atoms with Crippen LogP contribution in [0.1, 0.15) is 0 Å². The molecule has 7 heteroatoms. The predicted molar refractivity (Wildman–Crippen MR) is 59.1 cm³/mol. The van der Waals surface area contributed by atoms with Crippen molar-refractivity contribution in [3.63, 3.8) is 0 Å². The van der Waals surface area contributed by atoms with E-state index in [1.165, 1.54) is 32.4 Å². The van der Waals surface area contributed by atoms with Crippen LogP contribution >= 0.6 is 0 Å². The number of ether oxygens (including phenoxy) is 3. The maximum atomic E-state index is 12.5. The van der Waals surface area contributed by atoms with Crippen LogP contribution in [-0.4, -0.2) is 33.0 Å². The molecule has 1 rings (SSSR count). The zero-order chi connectivity index (χ0) is 13.8. The smallest absolute Gasteiger partial charge is 0.426 e. The van der Waals surface area contributed by atoms with Crippen molar-refractivity contribution in [2.45, 2.75) is 12.3 Å². The summed E-state index contributed by atoms with van der Waals surface area (Å²) >= 11 is 0. The SMILES string of the molecule is COc1cc(OC)cc(OC(CN)C(F)(F)F)c1. The van der Waals surface area contributed by atoms with Gasteiger partial charge in [0, 0.05) is 24.7 Å². The van der Waals surface area contributed by atoms with E-state index >= 15 is 0 Å². The monoisotopic (exact) mass is 265 g/mol. The molecule has 1 atom stereocenters. The molecule has 102 valence electrons. The number of methoxy groups -OCH3 is 2. The minimum Gasteiger partial charge on any atom is -0.496 e. The van der Waals surface area contributed by atoms with Crippen molar-refractivity contribution < 1.29 is 27.4 Å². The first-order valence-electron chi connectivity index (χ1n) is 5.07. The minimum atomic E-state index is -4.52. The molecular weight excluding hydrogens is 251 g/mol. The zero-order valence-electron chi connectivity index (χ0n) is 9.95. The maximum Gasteiger partial charge on any atom is 0.426 e. The fourth-order valence-electron chi connectivity index (χ4n) is 1.26. The molecule has 0 amide bonds. The van der Waals surface area contributed by atoms with Crippen molar-refractivity contribution in [1.82, 2.24) is 0 Å². The normalized spacial score (nSPS) is 13.0. The average molecular weight is 265 g/mol. The van der Waals surface area contributed by atoms with Crippen LogP contribution in [0.25, 0.3) is 0 Å². The Morgan fingerprint density at radius 2 is 1.50 bits per heavy atom. The zero-order valence-corrected chi connectivity index (χ0v) is 9.95. The molecule has 0 aliphatic heterocycles. The highest BCUT2D eigenvalue weighted by Crippen LogP contribution is 2.30. The van der Waals surface area contributed by atoms with Crippen molar-refractivity contribution >= 4 is 0 Å². The van der Waals surface area contributed by atoms with Crippen LogP contribution in [0.15, 0.2) is 18.2 Å². The van der Waals surface area contributed by atoms with E-state index in [9.17, 15) is 13.2 Å². The van der Waals surface area contributed by atoms with Gasteiger partial charge in [0.2, 0.25) is 6.10 Å². The Hall–Kier alpha value is -1.63. The van der Waals surface area contributed by atoms with Gasteiger partial charge < -0.3 is 19.9 Å². The lowest BCUT2D eigenvalue weighted by Gasteiger charge is -2.20. The number of hydrogen-bond acceptors (Lipinski definition) is 4. The molecule has 0 aliphatic rings. The lowest BCUT2D eigenvalue weighted by atomic mass is 10.3. The highest BCUT2D eigenvalue weighted by molar-refractivity contribution is 5.42. The number of rotatable bonds is 5. The quantitative estimate of drug-likeness (QED) is 0.884.